The molecular weight excluding hydrogens is 246 g/mol. The van der Waals surface area contributed by atoms with E-state index < -0.39 is 0 Å². The molecule has 7 heteroatoms. The van der Waals surface area contributed by atoms with Crippen molar-refractivity contribution in [3.8, 4) is 0 Å². The summed E-state index contributed by atoms with van der Waals surface area (Å²) in [6.07, 6.45) is 0.643. The first-order chi connectivity index (χ1) is 9.04. The number of hydrogen-bond donors (Lipinski definition) is 1. The summed E-state index contributed by atoms with van der Waals surface area (Å²) in [7, 11) is 0. The van der Waals surface area contributed by atoms with Crippen LogP contribution in [-0.4, -0.2) is 43.1 Å². The number of hydrogen-bond acceptors (Lipinski definition) is 4. The molecule has 19 heavy (non-hydrogen) atoms. The number of nitrogens with one attached hydrogen (secondary N) is 1. The summed E-state index contributed by atoms with van der Waals surface area (Å²) in [5.74, 6) is 0.369. The van der Waals surface area contributed by atoms with E-state index in [4.69, 9.17) is 0 Å². The molecule has 1 unspecified atom stereocenters. The number of aromatic amines is 1. The van der Waals surface area contributed by atoms with E-state index in [2.05, 4.69) is 15.2 Å². The largest absolute Gasteiger partial charge is 0.282 e. The van der Waals surface area contributed by atoms with Crippen LogP contribution in [-0.2, 0) is 9.59 Å². The molecule has 0 aromatic carbocycles. The summed E-state index contributed by atoms with van der Waals surface area (Å²) in [6, 6.07) is 1.90. The van der Waals surface area contributed by atoms with E-state index in [1.165, 1.54) is 4.90 Å². The van der Waals surface area contributed by atoms with Crippen LogP contribution in [0.2, 0.25) is 0 Å². The number of imide groups is 1. The molecule has 0 radical (unpaired) electrons. The van der Waals surface area contributed by atoms with Crippen molar-refractivity contribution in [3.63, 3.8) is 0 Å². The maximum Gasteiger partial charge on any atom is 0.229 e. The molecule has 1 atom stereocenters. The second-order valence-corrected chi connectivity index (χ2v) is 4.98. The quantitative estimate of drug-likeness (QED) is 0.821. The highest BCUT2D eigenvalue weighted by atomic mass is 16.2. The van der Waals surface area contributed by atoms with Gasteiger partial charge < -0.3 is 0 Å². The van der Waals surface area contributed by atoms with Gasteiger partial charge in [0.1, 0.15) is 0 Å². The van der Waals surface area contributed by atoms with Crippen LogP contribution in [0.3, 0.4) is 0 Å². The molecule has 100 valence electrons. The first-order valence-electron chi connectivity index (χ1n) is 6.30. The van der Waals surface area contributed by atoms with E-state index in [1.54, 1.807) is 4.63 Å². The number of amides is 2. The van der Waals surface area contributed by atoms with Crippen molar-refractivity contribution < 1.29 is 9.59 Å². The first-order valence-corrected chi connectivity index (χ1v) is 6.30. The van der Waals surface area contributed by atoms with E-state index in [-0.39, 0.29) is 17.7 Å². The maximum absolute atomic E-state index is 11.6. The molecular formula is C12H15N5O2. The van der Waals surface area contributed by atoms with Gasteiger partial charge in [-0.05, 0) is 6.92 Å². The minimum atomic E-state index is -0.0996. The van der Waals surface area contributed by atoms with Gasteiger partial charge in [0.15, 0.2) is 11.5 Å². The molecule has 1 saturated heterocycles. The van der Waals surface area contributed by atoms with Gasteiger partial charge in [-0.2, -0.15) is 4.63 Å². The van der Waals surface area contributed by atoms with Gasteiger partial charge in [0.25, 0.3) is 0 Å². The fraction of sp³-hybridized carbons (Fsp3) is 0.500. The Bertz CT molecular complexity index is 609. The Morgan fingerprint density at radius 3 is 2.68 bits per heavy atom. The molecule has 0 bridgehead atoms. The summed E-state index contributed by atoms with van der Waals surface area (Å²) in [4.78, 5) is 28.9. The van der Waals surface area contributed by atoms with Gasteiger partial charge in [0, 0.05) is 37.1 Å². The maximum atomic E-state index is 11.6. The van der Waals surface area contributed by atoms with Crippen LogP contribution in [0.1, 0.15) is 37.2 Å². The monoisotopic (exact) mass is 261 g/mol. The van der Waals surface area contributed by atoms with Gasteiger partial charge in [-0.15, -0.1) is 5.10 Å². The second kappa shape index (κ2) is 4.18. The normalized spacial score (nSPS) is 17.7. The predicted octanol–water partition coefficient (Wildman–Crippen LogP) is 0.618. The highest BCUT2D eigenvalue weighted by Gasteiger charge is 2.31. The standard InChI is InChI=1S/C12H15N5O2/c1-7(6-16-10(18)3-4-11(16)19)12-13-9-5-8(2)14-17(9)15-12/h5,7,14H,3-4,6H2,1-2H3. The Morgan fingerprint density at radius 1 is 1.37 bits per heavy atom. The van der Waals surface area contributed by atoms with E-state index >= 15 is 0 Å². The smallest absolute Gasteiger partial charge is 0.229 e. The van der Waals surface area contributed by atoms with Crippen LogP contribution < -0.4 is 0 Å². The van der Waals surface area contributed by atoms with Crippen LogP contribution in [0.5, 0.6) is 0 Å². The third-order valence-electron chi connectivity index (χ3n) is 3.33. The van der Waals surface area contributed by atoms with Crippen LogP contribution in [0.4, 0.5) is 0 Å². The molecule has 2 aromatic heterocycles. The summed E-state index contributed by atoms with van der Waals surface area (Å²) in [6.45, 7) is 4.20. The summed E-state index contributed by atoms with van der Waals surface area (Å²) >= 11 is 0. The molecule has 2 amide bonds. The number of nitrogens with zero attached hydrogens (tertiary/aromatic N) is 4. The van der Waals surface area contributed by atoms with Crippen molar-refractivity contribution in [2.75, 3.05) is 6.54 Å². The predicted molar refractivity (Wildman–Crippen MR) is 66.4 cm³/mol. The van der Waals surface area contributed by atoms with Crippen molar-refractivity contribution in [2.24, 2.45) is 0 Å². The van der Waals surface area contributed by atoms with Crippen LogP contribution in [0.25, 0.3) is 5.65 Å². The van der Waals surface area contributed by atoms with E-state index in [0.29, 0.717) is 25.2 Å². The Hall–Kier alpha value is -2.18. The molecule has 1 N–H and O–H groups in total. The number of aromatic nitrogens is 4. The Balaban J connectivity index is 1.79. The lowest BCUT2D eigenvalue weighted by Crippen LogP contribution is -2.32. The van der Waals surface area contributed by atoms with Crippen molar-refractivity contribution in [2.45, 2.75) is 32.6 Å². The number of fused-ring (bicyclic) bond motifs is 1. The molecule has 3 heterocycles. The molecule has 0 spiro atoms. The number of aryl methyl sites for hydroxylation is 1. The van der Waals surface area contributed by atoms with Gasteiger partial charge in [-0.3, -0.25) is 19.6 Å². The fourth-order valence-electron chi connectivity index (χ4n) is 2.30. The van der Waals surface area contributed by atoms with Crippen LogP contribution in [0.15, 0.2) is 6.07 Å². The van der Waals surface area contributed by atoms with Crippen molar-refractivity contribution in [1.29, 1.82) is 0 Å². The second-order valence-electron chi connectivity index (χ2n) is 4.98. The Kier molecular flexibility index (Phi) is 2.62. The topological polar surface area (TPSA) is 83.4 Å². The number of carbonyl (C=O) groups is 2. The van der Waals surface area contributed by atoms with Gasteiger partial charge in [-0.25, -0.2) is 4.98 Å². The highest BCUT2D eigenvalue weighted by molar-refractivity contribution is 6.01. The van der Waals surface area contributed by atoms with Gasteiger partial charge in [0.05, 0.1) is 0 Å². The third kappa shape index (κ3) is 2.00. The average Bonchev–Trinajstić information content (AvgIpc) is 2.96. The van der Waals surface area contributed by atoms with Crippen LogP contribution in [0, 0.1) is 6.92 Å². The SMILES string of the molecule is Cc1cc2nc(C(C)CN3C(=O)CCC3=O)nn2[nH]1. The first kappa shape index (κ1) is 11.9. The summed E-state index contributed by atoms with van der Waals surface area (Å²) in [5, 5.41) is 7.37. The van der Waals surface area contributed by atoms with Crippen molar-refractivity contribution in [1.82, 2.24) is 24.7 Å². The number of likely N-dealkylation sites (tertiary alicyclic amines) is 1. The Labute approximate surface area is 109 Å². The highest BCUT2D eigenvalue weighted by Crippen LogP contribution is 2.19. The molecule has 0 saturated carbocycles. The summed E-state index contributed by atoms with van der Waals surface area (Å²) < 4.78 is 1.61. The molecule has 1 fully saturated rings. The fourth-order valence-corrected chi connectivity index (χ4v) is 2.30. The zero-order valence-corrected chi connectivity index (χ0v) is 10.9. The third-order valence-corrected chi connectivity index (χ3v) is 3.33. The zero-order valence-electron chi connectivity index (χ0n) is 10.9. The zero-order chi connectivity index (χ0) is 13.6. The van der Waals surface area contributed by atoms with Crippen LogP contribution >= 0.6 is 0 Å². The summed E-state index contributed by atoms with van der Waals surface area (Å²) in [5.41, 5.74) is 1.73. The number of rotatable bonds is 3. The van der Waals surface area contributed by atoms with E-state index in [0.717, 1.165) is 11.3 Å². The molecule has 3 rings (SSSR count). The average molecular weight is 261 g/mol. The lowest BCUT2D eigenvalue weighted by atomic mass is 10.1. The molecule has 1 aliphatic heterocycles. The lowest BCUT2D eigenvalue weighted by Gasteiger charge is -2.16. The molecule has 2 aromatic rings. The van der Waals surface area contributed by atoms with E-state index in [1.807, 2.05) is 19.9 Å². The Morgan fingerprint density at radius 2 is 2.05 bits per heavy atom. The number of H-pyrrole nitrogens is 1. The molecule has 0 aliphatic carbocycles. The minimum Gasteiger partial charge on any atom is -0.282 e. The van der Waals surface area contributed by atoms with E-state index in [9.17, 15) is 9.59 Å². The lowest BCUT2D eigenvalue weighted by molar-refractivity contribution is -0.138. The number of carbonyl (C=O) groups excluding carboxylic acids is 2. The molecule has 7 nitrogen and oxygen atoms in total. The molecule has 1 aliphatic rings. The van der Waals surface area contributed by atoms with Gasteiger partial charge in [-0.1, -0.05) is 6.92 Å². The van der Waals surface area contributed by atoms with Gasteiger partial charge in [0.2, 0.25) is 11.8 Å². The van der Waals surface area contributed by atoms with Crippen molar-refractivity contribution in [3.05, 3.63) is 17.6 Å². The minimum absolute atomic E-state index is 0.0698. The van der Waals surface area contributed by atoms with Gasteiger partial charge >= 0.3 is 0 Å². The van der Waals surface area contributed by atoms with Crippen molar-refractivity contribution >= 4 is 17.5 Å².